The lowest BCUT2D eigenvalue weighted by molar-refractivity contribution is -0.121. The minimum atomic E-state index is -0.385. The van der Waals surface area contributed by atoms with Crippen molar-refractivity contribution >= 4 is 18.4 Å². The fourth-order valence-corrected chi connectivity index (χ4v) is 0.888. The predicted molar refractivity (Wildman–Crippen MR) is 53.9 cm³/mol. The van der Waals surface area contributed by atoms with Crippen LogP contribution in [-0.2, 0) is 9.59 Å². The molecule has 71 valence electrons. The van der Waals surface area contributed by atoms with E-state index in [0.29, 0.717) is 0 Å². The minimum absolute atomic E-state index is 0.385. The molecule has 0 bridgehead atoms. The van der Waals surface area contributed by atoms with Crippen molar-refractivity contribution in [2.24, 2.45) is 0 Å². The molecule has 0 saturated heterocycles. The smallest absolute Gasteiger partial charge is 0.274 e. The van der Waals surface area contributed by atoms with E-state index in [1.54, 1.807) is 6.08 Å². The van der Waals surface area contributed by atoms with Gasteiger partial charge in [-0.05, 0) is 11.6 Å². The summed E-state index contributed by atoms with van der Waals surface area (Å²) in [6.07, 6.45) is 4.47. The van der Waals surface area contributed by atoms with Crippen LogP contribution in [-0.4, -0.2) is 24.3 Å². The number of nitrogens with zero attached hydrogens (tertiary/aromatic N) is 1. The van der Waals surface area contributed by atoms with Crippen LogP contribution >= 0.6 is 0 Å². The van der Waals surface area contributed by atoms with Gasteiger partial charge in [0, 0.05) is 13.1 Å². The molecule has 0 aliphatic carbocycles. The molecule has 1 rings (SSSR count). The van der Waals surface area contributed by atoms with E-state index >= 15 is 0 Å². The Morgan fingerprint density at radius 2 is 2.00 bits per heavy atom. The summed E-state index contributed by atoms with van der Waals surface area (Å²) in [6.45, 7) is 0. The van der Waals surface area contributed by atoms with Gasteiger partial charge in [0.25, 0.3) is 5.91 Å². The van der Waals surface area contributed by atoms with Crippen molar-refractivity contribution in [1.29, 1.82) is 0 Å². The Labute approximate surface area is 82.6 Å². The Kier molecular flexibility index (Phi) is 3.61. The summed E-state index contributed by atoms with van der Waals surface area (Å²) in [5.74, 6) is -0.385. The number of imide groups is 1. The Morgan fingerprint density at radius 1 is 1.36 bits per heavy atom. The second-order valence-electron chi connectivity index (χ2n) is 2.73. The maximum Gasteiger partial charge on any atom is 0.319 e. The van der Waals surface area contributed by atoms with Crippen LogP contribution in [0, 0.1) is 0 Å². The van der Waals surface area contributed by atoms with E-state index in [0.717, 1.165) is 10.5 Å². The molecule has 14 heavy (non-hydrogen) atoms. The van der Waals surface area contributed by atoms with Crippen LogP contribution in [0.4, 0.5) is 0 Å². The molecule has 0 aliphatic rings. The zero-order chi connectivity index (χ0) is 10.4. The first kappa shape index (κ1) is 10.2. The lowest BCUT2D eigenvalue weighted by atomic mass is 10.2. The van der Waals surface area contributed by atoms with Gasteiger partial charge in [-0.25, -0.2) is 0 Å². The number of benzene rings is 1. The zero-order valence-corrected chi connectivity index (χ0v) is 7.81. The van der Waals surface area contributed by atoms with Gasteiger partial charge in [-0.15, -0.1) is 0 Å². The molecule has 0 unspecified atom stereocenters. The maximum atomic E-state index is 11.1. The van der Waals surface area contributed by atoms with Gasteiger partial charge in [-0.1, -0.05) is 30.3 Å². The molecule has 1 aromatic rings. The third-order valence-corrected chi connectivity index (χ3v) is 1.69. The maximum absolute atomic E-state index is 11.1. The minimum Gasteiger partial charge on any atom is -0.274 e. The summed E-state index contributed by atoms with van der Waals surface area (Å²) in [7, 11) is 1.37. The van der Waals surface area contributed by atoms with E-state index in [1.807, 2.05) is 30.3 Å². The summed E-state index contributed by atoms with van der Waals surface area (Å²) in [4.78, 5) is 22.1. The molecule has 0 saturated carbocycles. The summed E-state index contributed by atoms with van der Waals surface area (Å²) in [6, 6.07) is 9.38. The van der Waals surface area contributed by atoms with Crippen molar-refractivity contribution < 1.29 is 9.59 Å². The van der Waals surface area contributed by atoms with Crippen molar-refractivity contribution in [1.82, 2.24) is 4.90 Å². The van der Waals surface area contributed by atoms with Gasteiger partial charge in [-0.3, -0.25) is 14.5 Å². The number of carbonyl (C=O) groups excluding carboxylic acids is 2. The molecule has 0 heterocycles. The van der Waals surface area contributed by atoms with Gasteiger partial charge in [0.1, 0.15) is 0 Å². The van der Waals surface area contributed by atoms with Gasteiger partial charge in [-0.2, -0.15) is 0 Å². The lowest BCUT2D eigenvalue weighted by Gasteiger charge is -2.01. The number of likely N-dealkylation sites (N-methyl/N-ethyl adjacent to an activating group) is 1. The Morgan fingerprint density at radius 3 is 2.57 bits per heavy atom. The van der Waals surface area contributed by atoms with Crippen molar-refractivity contribution in [3.63, 3.8) is 0 Å². The molecule has 3 heteroatoms. The largest absolute Gasteiger partial charge is 0.319 e. The summed E-state index contributed by atoms with van der Waals surface area (Å²) in [5.41, 5.74) is 0.917. The van der Waals surface area contributed by atoms with Crippen LogP contribution in [0.25, 0.3) is 6.08 Å². The monoisotopic (exact) mass is 188 g/mol. The Bertz CT molecular complexity index is 344. The highest BCUT2D eigenvalue weighted by Crippen LogP contribution is 2.00. The number of hydrogen-bond donors (Lipinski definition) is 0. The first-order chi connectivity index (χ1) is 6.74. The van der Waals surface area contributed by atoms with Crippen LogP contribution in [0.1, 0.15) is 5.56 Å². The lowest BCUT2D eigenvalue weighted by Crippen LogP contribution is -2.22. The van der Waals surface area contributed by atoms with E-state index in [2.05, 4.69) is 0 Å². The molecule has 0 aliphatic heterocycles. The molecular formula is C11H10NO2. The highest BCUT2D eigenvalue weighted by molar-refractivity contribution is 5.97. The number of amides is 2. The van der Waals surface area contributed by atoms with Crippen LogP contribution in [0.5, 0.6) is 0 Å². The van der Waals surface area contributed by atoms with E-state index in [-0.39, 0.29) is 5.91 Å². The average molecular weight is 188 g/mol. The van der Waals surface area contributed by atoms with Gasteiger partial charge in [0.2, 0.25) is 0 Å². The van der Waals surface area contributed by atoms with Crippen LogP contribution in [0.3, 0.4) is 0 Å². The van der Waals surface area contributed by atoms with Gasteiger partial charge < -0.3 is 0 Å². The SMILES string of the molecule is CN([C]=O)C(=O)/C=C/c1ccccc1. The Hall–Kier alpha value is -1.90. The molecule has 1 radical (unpaired) electrons. The number of hydrogen-bond acceptors (Lipinski definition) is 2. The van der Waals surface area contributed by atoms with Crippen LogP contribution in [0.2, 0.25) is 0 Å². The van der Waals surface area contributed by atoms with Crippen molar-refractivity contribution in [2.75, 3.05) is 7.05 Å². The first-order valence-corrected chi connectivity index (χ1v) is 4.12. The predicted octanol–water partition coefficient (Wildman–Crippen LogP) is 1.23. The van der Waals surface area contributed by atoms with Crippen LogP contribution < -0.4 is 0 Å². The second kappa shape index (κ2) is 4.97. The third kappa shape index (κ3) is 2.86. The van der Waals surface area contributed by atoms with E-state index < -0.39 is 0 Å². The average Bonchev–Trinajstić information content (AvgIpc) is 2.26. The molecular weight excluding hydrogens is 178 g/mol. The summed E-state index contributed by atoms with van der Waals surface area (Å²) < 4.78 is 0. The van der Waals surface area contributed by atoms with Gasteiger partial charge >= 0.3 is 6.41 Å². The topological polar surface area (TPSA) is 37.4 Å². The van der Waals surface area contributed by atoms with Crippen LogP contribution in [0.15, 0.2) is 36.4 Å². The van der Waals surface area contributed by atoms with Gasteiger partial charge in [0.15, 0.2) is 0 Å². The zero-order valence-electron chi connectivity index (χ0n) is 7.81. The fraction of sp³-hybridized carbons (Fsp3) is 0.0909. The molecule has 2 amide bonds. The van der Waals surface area contributed by atoms with Gasteiger partial charge in [0.05, 0.1) is 0 Å². The van der Waals surface area contributed by atoms with E-state index in [4.69, 9.17) is 0 Å². The van der Waals surface area contributed by atoms with Crippen molar-refractivity contribution in [3.05, 3.63) is 42.0 Å². The first-order valence-electron chi connectivity index (χ1n) is 4.12. The highest BCUT2D eigenvalue weighted by atomic mass is 16.2. The summed E-state index contributed by atoms with van der Waals surface area (Å²) in [5, 5.41) is 0. The molecule has 3 nitrogen and oxygen atoms in total. The summed E-state index contributed by atoms with van der Waals surface area (Å²) >= 11 is 0. The molecule has 0 atom stereocenters. The quantitative estimate of drug-likeness (QED) is 0.528. The molecule has 0 N–H and O–H groups in total. The van der Waals surface area contributed by atoms with E-state index in [9.17, 15) is 9.59 Å². The van der Waals surface area contributed by atoms with Crippen molar-refractivity contribution in [3.8, 4) is 0 Å². The second-order valence-corrected chi connectivity index (χ2v) is 2.73. The molecule has 0 spiro atoms. The molecule has 1 aromatic carbocycles. The molecule has 0 aromatic heterocycles. The van der Waals surface area contributed by atoms with Crippen molar-refractivity contribution in [2.45, 2.75) is 0 Å². The van der Waals surface area contributed by atoms with E-state index in [1.165, 1.54) is 19.5 Å². The number of carbonyl (C=O) groups is 1. The number of rotatable bonds is 3. The highest BCUT2D eigenvalue weighted by Gasteiger charge is 2.01. The molecule has 0 fully saturated rings. The standard InChI is InChI=1S/C11H10NO2/c1-12(9-13)11(14)8-7-10-5-3-2-4-6-10/h2-8H,1H3/b8-7+. The third-order valence-electron chi connectivity index (χ3n) is 1.69. The normalized spacial score (nSPS) is 10.1. The fourth-order valence-electron chi connectivity index (χ4n) is 0.888. The Balaban J connectivity index is 2.65.